The van der Waals surface area contributed by atoms with Crippen LogP contribution in [-0.4, -0.2) is 34.7 Å². The van der Waals surface area contributed by atoms with Crippen LogP contribution < -0.4 is 0 Å². The summed E-state index contributed by atoms with van der Waals surface area (Å²) in [7, 11) is 0. The zero-order valence-corrected chi connectivity index (χ0v) is 19.7. The molecule has 0 aliphatic heterocycles. The largest absolute Gasteiger partial charge is 0.332 e. The summed E-state index contributed by atoms with van der Waals surface area (Å²) >= 11 is 1.61. The molecule has 0 saturated heterocycles. The quantitative estimate of drug-likeness (QED) is 0.375. The van der Waals surface area contributed by atoms with Crippen molar-refractivity contribution in [3.8, 4) is 0 Å². The SMILES string of the molecule is CCCCN(CC(=O)N(Cc1ccc(F)cc1)Cc1ccc(C)s1)C(=O)c1ccc(F)cc1. The fourth-order valence-corrected chi connectivity index (χ4v) is 4.35. The second kappa shape index (κ2) is 11.7. The van der Waals surface area contributed by atoms with Crippen molar-refractivity contribution in [1.29, 1.82) is 0 Å². The Hall–Kier alpha value is -3.06. The first-order valence-electron chi connectivity index (χ1n) is 11.0. The van der Waals surface area contributed by atoms with Crippen molar-refractivity contribution >= 4 is 23.2 Å². The number of rotatable bonds is 10. The first-order chi connectivity index (χ1) is 15.9. The van der Waals surface area contributed by atoms with Crippen molar-refractivity contribution in [1.82, 2.24) is 9.80 Å². The van der Waals surface area contributed by atoms with Crippen LogP contribution in [0, 0.1) is 18.6 Å². The van der Waals surface area contributed by atoms with Crippen LogP contribution >= 0.6 is 11.3 Å². The van der Waals surface area contributed by atoms with Crippen molar-refractivity contribution in [2.75, 3.05) is 13.1 Å². The Labute approximate surface area is 197 Å². The molecule has 0 fully saturated rings. The summed E-state index contributed by atoms with van der Waals surface area (Å²) in [4.78, 5) is 31.9. The van der Waals surface area contributed by atoms with Gasteiger partial charge in [0.15, 0.2) is 0 Å². The number of nitrogens with zero attached hydrogens (tertiary/aromatic N) is 2. The molecule has 1 aromatic heterocycles. The average molecular weight is 471 g/mol. The smallest absolute Gasteiger partial charge is 0.254 e. The van der Waals surface area contributed by atoms with Gasteiger partial charge < -0.3 is 9.80 Å². The van der Waals surface area contributed by atoms with Gasteiger partial charge >= 0.3 is 0 Å². The molecule has 174 valence electrons. The standard InChI is InChI=1S/C26H28F2N2O2S/c1-3-4-15-29(26(32)21-8-12-23(28)13-9-21)18-25(31)30(17-24-14-5-19(2)33-24)16-20-6-10-22(27)11-7-20/h5-14H,3-4,15-18H2,1-2H3. The van der Waals surface area contributed by atoms with E-state index in [9.17, 15) is 18.4 Å². The van der Waals surface area contributed by atoms with Crippen LogP contribution in [0.15, 0.2) is 60.7 Å². The number of thiophene rings is 1. The third-order valence-electron chi connectivity index (χ3n) is 5.27. The summed E-state index contributed by atoms with van der Waals surface area (Å²) < 4.78 is 26.7. The van der Waals surface area contributed by atoms with E-state index < -0.39 is 5.82 Å². The molecular formula is C26H28F2N2O2S. The Morgan fingerprint density at radius 3 is 2.06 bits per heavy atom. The molecule has 3 aromatic rings. The zero-order chi connectivity index (χ0) is 23.8. The second-order valence-corrected chi connectivity index (χ2v) is 9.35. The Kier molecular flexibility index (Phi) is 8.72. The Morgan fingerprint density at radius 2 is 1.48 bits per heavy atom. The van der Waals surface area contributed by atoms with Gasteiger partial charge in [0.05, 0.1) is 6.54 Å². The van der Waals surface area contributed by atoms with Gasteiger partial charge in [-0.3, -0.25) is 9.59 Å². The number of benzene rings is 2. The first kappa shape index (κ1) is 24.6. The van der Waals surface area contributed by atoms with E-state index in [0.717, 1.165) is 28.2 Å². The topological polar surface area (TPSA) is 40.6 Å². The summed E-state index contributed by atoms with van der Waals surface area (Å²) in [5, 5.41) is 0. The molecule has 3 rings (SSSR count). The minimum absolute atomic E-state index is 0.0816. The van der Waals surface area contributed by atoms with Crippen LogP contribution in [0.5, 0.6) is 0 Å². The second-order valence-electron chi connectivity index (χ2n) is 7.98. The molecular weight excluding hydrogens is 442 g/mol. The highest BCUT2D eigenvalue weighted by Crippen LogP contribution is 2.19. The normalized spacial score (nSPS) is 10.8. The van der Waals surface area contributed by atoms with Gasteiger partial charge in [0.25, 0.3) is 5.91 Å². The van der Waals surface area contributed by atoms with Gasteiger partial charge in [-0.1, -0.05) is 25.5 Å². The number of carbonyl (C=O) groups is 2. The number of amides is 2. The van der Waals surface area contributed by atoms with E-state index >= 15 is 0 Å². The van der Waals surface area contributed by atoms with Gasteiger partial charge in [-0.2, -0.15) is 0 Å². The maximum Gasteiger partial charge on any atom is 0.254 e. The van der Waals surface area contributed by atoms with Gasteiger partial charge in [-0.25, -0.2) is 8.78 Å². The summed E-state index contributed by atoms with van der Waals surface area (Å²) in [6.45, 7) is 5.09. The summed E-state index contributed by atoms with van der Waals surface area (Å²) in [6, 6.07) is 15.4. The average Bonchev–Trinajstić information content (AvgIpc) is 3.22. The van der Waals surface area contributed by atoms with Crippen LogP contribution in [0.3, 0.4) is 0 Å². The van der Waals surface area contributed by atoms with Crippen molar-refractivity contribution in [3.05, 3.63) is 93.2 Å². The Balaban J connectivity index is 1.80. The number of hydrogen-bond donors (Lipinski definition) is 0. The van der Waals surface area contributed by atoms with Gasteiger partial charge in [0.2, 0.25) is 5.91 Å². The highest BCUT2D eigenvalue weighted by molar-refractivity contribution is 7.11. The number of hydrogen-bond acceptors (Lipinski definition) is 3. The molecule has 0 aliphatic carbocycles. The summed E-state index contributed by atoms with van der Waals surface area (Å²) in [6.07, 6.45) is 1.62. The predicted octanol–water partition coefficient (Wildman–Crippen LogP) is 5.81. The Morgan fingerprint density at radius 1 is 0.848 bits per heavy atom. The van der Waals surface area contributed by atoms with Crippen LogP contribution in [0.25, 0.3) is 0 Å². The molecule has 0 saturated carbocycles. The van der Waals surface area contributed by atoms with Crippen molar-refractivity contribution < 1.29 is 18.4 Å². The van der Waals surface area contributed by atoms with Gasteiger partial charge in [-0.15, -0.1) is 11.3 Å². The number of halogens is 2. The van der Waals surface area contributed by atoms with Crippen LogP contribution in [0.2, 0.25) is 0 Å². The van der Waals surface area contributed by atoms with Crippen molar-refractivity contribution in [2.24, 2.45) is 0 Å². The fourth-order valence-electron chi connectivity index (χ4n) is 3.44. The predicted molar refractivity (Wildman–Crippen MR) is 127 cm³/mol. The van der Waals surface area contributed by atoms with Crippen LogP contribution in [0.1, 0.15) is 45.4 Å². The molecule has 0 aliphatic rings. The van der Waals surface area contributed by atoms with Gasteiger partial charge in [-0.05, 0) is 67.4 Å². The van der Waals surface area contributed by atoms with E-state index in [0.29, 0.717) is 25.2 Å². The maximum atomic E-state index is 13.4. The van der Waals surface area contributed by atoms with Crippen molar-refractivity contribution in [3.63, 3.8) is 0 Å². The monoisotopic (exact) mass is 470 g/mol. The molecule has 33 heavy (non-hydrogen) atoms. The van der Waals surface area contributed by atoms with Crippen LogP contribution in [-0.2, 0) is 17.9 Å². The highest BCUT2D eigenvalue weighted by Gasteiger charge is 2.23. The molecule has 0 atom stereocenters. The van der Waals surface area contributed by atoms with E-state index in [2.05, 4.69) is 0 Å². The maximum absolute atomic E-state index is 13.4. The van der Waals surface area contributed by atoms with Crippen LogP contribution in [0.4, 0.5) is 8.78 Å². The molecule has 0 N–H and O–H groups in total. The molecule has 7 heteroatoms. The lowest BCUT2D eigenvalue weighted by molar-refractivity contribution is -0.133. The summed E-state index contributed by atoms with van der Waals surface area (Å²) in [5.41, 5.74) is 1.15. The molecule has 4 nitrogen and oxygen atoms in total. The molecule has 0 radical (unpaired) electrons. The number of unbranched alkanes of at least 4 members (excludes halogenated alkanes) is 1. The lowest BCUT2D eigenvalue weighted by atomic mass is 10.1. The van der Waals surface area contributed by atoms with Gasteiger partial charge in [0.1, 0.15) is 18.2 Å². The minimum Gasteiger partial charge on any atom is -0.332 e. The third kappa shape index (κ3) is 7.22. The Bertz CT molecular complexity index is 1060. The van der Waals surface area contributed by atoms with E-state index in [1.165, 1.54) is 41.3 Å². The lowest BCUT2D eigenvalue weighted by Crippen LogP contribution is -2.42. The summed E-state index contributed by atoms with van der Waals surface area (Å²) in [5.74, 6) is -1.25. The number of carbonyl (C=O) groups excluding carboxylic acids is 2. The molecule has 0 bridgehead atoms. The van der Waals surface area contributed by atoms with E-state index in [1.54, 1.807) is 28.4 Å². The highest BCUT2D eigenvalue weighted by atomic mass is 32.1. The molecule has 0 spiro atoms. The molecule has 2 amide bonds. The van der Waals surface area contributed by atoms with Crippen molar-refractivity contribution in [2.45, 2.75) is 39.8 Å². The third-order valence-corrected chi connectivity index (χ3v) is 6.25. The first-order valence-corrected chi connectivity index (χ1v) is 11.8. The van der Waals surface area contributed by atoms with E-state index in [4.69, 9.17) is 0 Å². The molecule has 0 unspecified atom stereocenters. The molecule has 1 heterocycles. The molecule has 2 aromatic carbocycles. The van der Waals surface area contributed by atoms with Gasteiger partial charge in [0, 0.05) is 28.4 Å². The zero-order valence-electron chi connectivity index (χ0n) is 18.9. The lowest BCUT2D eigenvalue weighted by Gasteiger charge is -2.28. The minimum atomic E-state index is -0.417. The number of aryl methyl sites for hydroxylation is 1. The van der Waals surface area contributed by atoms with E-state index in [-0.39, 0.29) is 24.2 Å². The van der Waals surface area contributed by atoms with E-state index in [1.807, 2.05) is 26.0 Å². The fraction of sp³-hybridized carbons (Fsp3) is 0.308.